The summed E-state index contributed by atoms with van der Waals surface area (Å²) in [5.74, 6) is 6.49. The number of piperidine rings is 1. The molecular weight excluding hydrogens is 242 g/mol. The number of nitrogens with zero attached hydrogens (tertiary/aromatic N) is 5. The first-order chi connectivity index (χ1) is 9.04. The summed E-state index contributed by atoms with van der Waals surface area (Å²) >= 11 is 0. The monoisotopic (exact) mass is 267 g/mol. The zero-order valence-corrected chi connectivity index (χ0v) is 12.1. The Hall–Kier alpha value is -1.05. The number of likely N-dealkylation sites (tertiary alicyclic amines) is 1. The van der Waals surface area contributed by atoms with E-state index >= 15 is 0 Å². The van der Waals surface area contributed by atoms with Crippen LogP contribution >= 0.6 is 0 Å². The van der Waals surface area contributed by atoms with Gasteiger partial charge >= 0.3 is 0 Å². The molecule has 1 aromatic rings. The lowest BCUT2D eigenvalue weighted by atomic mass is 9.88. The van der Waals surface area contributed by atoms with Gasteiger partial charge in [0.2, 0.25) is 0 Å². The molecule has 1 aromatic heterocycles. The van der Waals surface area contributed by atoms with E-state index in [1.807, 2.05) is 0 Å². The van der Waals surface area contributed by atoms with Crippen LogP contribution in [0.1, 0.15) is 38.9 Å². The van der Waals surface area contributed by atoms with Gasteiger partial charge in [0.15, 0.2) is 5.82 Å². The zero-order valence-electron chi connectivity index (χ0n) is 12.1. The van der Waals surface area contributed by atoms with E-state index in [2.05, 4.69) is 39.6 Å². The van der Waals surface area contributed by atoms with Gasteiger partial charge in [-0.25, -0.2) is 0 Å². The fourth-order valence-corrected chi connectivity index (χ4v) is 2.79. The largest absolute Gasteiger partial charge is 0.297 e. The Morgan fingerprint density at radius 2 is 2.00 bits per heavy atom. The fraction of sp³-hybridized carbons (Fsp3) is 0.917. The summed E-state index contributed by atoms with van der Waals surface area (Å²) in [5.41, 5.74) is 2.92. The van der Waals surface area contributed by atoms with Crippen LogP contribution in [0.4, 0.5) is 0 Å². The predicted molar refractivity (Wildman–Crippen MR) is 73.1 cm³/mol. The second-order valence-electron chi connectivity index (χ2n) is 5.82. The Bertz CT molecular complexity index is 395. The van der Waals surface area contributed by atoms with E-state index in [4.69, 9.17) is 5.84 Å². The molecule has 0 saturated carbocycles. The first-order valence-corrected chi connectivity index (χ1v) is 6.98. The van der Waals surface area contributed by atoms with Crippen molar-refractivity contribution in [2.45, 2.75) is 51.1 Å². The third-order valence-corrected chi connectivity index (χ3v) is 4.16. The Kier molecular flexibility index (Phi) is 4.49. The molecule has 0 radical (unpaired) electrons. The van der Waals surface area contributed by atoms with E-state index in [1.54, 1.807) is 7.05 Å². The molecule has 1 atom stereocenters. The maximum absolute atomic E-state index is 5.76. The Morgan fingerprint density at radius 1 is 1.32 bits per heavy atom. The summed E-state index contributed by atoms with van der Waals surface area (Å²) < 4.78 is 0. The van der Waals surface area contributed by atoms with Gasteiger partial charge in [-0.2, -0.15) is 4.80 Å². The van der Waals surface area contributed by atoms with Crippen LogP contribution in [0.15, 0.2) is 0 Å². The topological polar surface area (TPSA) is 84.9 Å². The molecule has 2 rings (SSSR count). The summed E-state index contributed by atoms with van der Waals surface area (Å²) in [6, 6.07) is 0.106. The number of hydrazine groups is 1. The summed E-state index contributed by atoms with van der Waals surface area (Å²) in [4.78, 5) is 3.99. The SMILES string of the molecule is Cn1nnc(CC(NN)C(C)(C)N2CCCCC2)n1. The van der Waals surface area contributed by atoms with Crippen LogP contribution < -0.4 is 11.3 Å². The number of nitrogens with one attached hydrogen (secondary N) is 1. The van der Waals surface area contributed by atoms with Crippen molar-refractivity contribution in [3.8, 4) is 0 Å². The quantitative estimate of drug-likeness (QED) is 0.570. The Labute approximate surface area is 114 Å². The standard InChI is InChI=1S/C12H25N7/c1-12(2,19-7-5-4-6-8-19)10(14-13)9-11-15-17-18(3)16-11/h10,14H,4-9,13H2,1-3H3. The minimum absolute atomic E-state index is 0.0195. The number of rotatable bonds is 5. The maximum Gasteiger partial charge on any atom is 0.176 e. The lowest BCUT2D eigenvalue weighted by molar-refractivity contribution is 0.0604. The number of tetrazole rings is 1. The number of hydrogen-bond acceptors (Lipinski definition) is 6. The molecular formula is C12H25N7. The van der Waals surface area contributed by atoms with Crippen LogP contribution in [0.2, 0.25) is 0 Å². The number of aromatic nitrogens is 4. The molecule has 0 amide bonds. The predicted octanol–water partition coefficient (Wildman–Crippen LogP) is -0.151. The molecule has 108 valence electrons. The van der Waals surface area contributed by atoms with Gasteiger partial charge in [0, 0.05) is 18.0 Å². The van der Waals surface area contributed by atoms with Crippen molar-refractivity contribution >= 4 is 0 Å². The third-order valence-electron chi connectivity index (χ3n) is 4.16. The summed E-state index contributed by atoms with van der Waals surface area (Å²) in [5, 5.41) is 12.2. The highest BCUT2D eigenvalue weighted by atomic mass is 15.6. The van der Waals surface area contributed by atoms with Crippen molar-refractivity contribution in [3.05, 3.63) is 5.82 Å². The molecule has 1 fully saturated rings. The minimum Gasteiger partial charge on any atom is -0.297 e. The maximum atomic E-state index is 5.76. The molecule has 0 aliphatic carbocycles. The van der Waals surface area contributed by atoms with Crippen LogP contribution in [0, 0.1) is 0 Å². The number of hydrogen-bond donors (Lipinski definition) is 2. The van der Waals surface area contributed by atoms with Crippen LogP contribution in [0.5, 0.6) is 0 Å². The van der Waals surface area contributed by atoms with Crippen molar-refractivity contribution in [3.63, 3.8) is 0 Å². The third kappa shape index (κ3) is 3.29. The molecule has 1 saturated heterocycles. The minimum atomic E-state index is -0.0195. The van der Waals surface area contributed by atoms with Gasteiger partial charge < -0.3 is 0 Å². The van der Waals surface area contributed by atoms with Crippen LogP contribution in [0.25, 0.3) is 0 Å². The lowest BCUT2D eigenvalue weighted by Gasteiger charge is -2.45. The molecule has 1 aliphatic heterocycles. The highest BCUT2D eigenvalue weighted by Gasteiger charge is 2.36. The van der Waals surface area contributed by atoms with E-state index in [0.29, 0.717) is 6.42 Å². The molecule has 0 aromatic carbocycles. The lowest BCUT2D eigenvalue weighted by Crippen LogP contribution is -2.61. The molecule has 1 unspecified atom stereocenters. The second-order valence-corrected chi connectivity index (χ2v) is 5.82. The molecule has 0 spiro atoms. The van der Waals surface area contributed by atoms with E-state index in [-0.39, 0.29) is 11.6 Å². The van der Waals surface area contributed by atoms with Crippen LogP contribution in [-0.4, -0.2) is 49.8 Å². The van der Waals surface area contributed by atoms with Crippen molar-refractivity contribution < 1.29 is 0 Å². The van der Waals surface area contributed by atoms with Crippen molar-refractivity contribution in [1.82, 2.24) is 30.5 Å². The van der Waals surface area contributed by atoms with E-state index in [1.165, 1.54) is 24.1 Å². The number of nitrogens with two attached hydrogens (primary N) is 1. The Balaban J connectivity index is 2.06. The highest BCUT2D eigenvalue weighted by molar-refractivity contribution is 4.98. The average molecular weight is 267 g/mol. The number of aryl methyl sites for hydroxylation is 1. The molecule has 1 aliphatic rings. The second kappa shape index (κ2) is 5.94. The molecule has 3 N–H and O–H groups in total. The van der Waals surface area contributed by atoms with E-state index < -0.39 is 0 Å². The van der Waals surface area contributed by atoms with Gasteiger partial charge in [-0.1, -0.05) is 6.42 Å². The van der Waals surface area contributed by atoms with E-state index in [9.17, 15) is 0 Å². The molecule has 7 heteroatoms. The van der Waals surface area contributed by atoms with Gasteiger partial charge in [-0.05, 0) is 45.0 Å². The molecule has 0 bridgehead atoms. The average Bonchev–Trinajstić information content (AvgIpc) is 2.82. The van der Waals surface area contributed by atoms with Crippen molar-refractivity contribution in [2.24, 2.45) is 12.9 Å². The first kappa shape index (κ1) is 14.4. The van der Waals surface area contributed by atoms with Gasteiger partial charge in [0.1, 0.15) is 0 Å². The van der Waals surface area contributed by atoms with E-state index in [0.717, 1.165) is 18.9 Å². The smallest absolute Gasteiger partial charge is 0.176 e. The first-order valence-electron chi connectivity index (χ1n) is 6.98. The summed E-state index contributed by atoms with van der Waals surface area (Å²) in [6.07, 6.45) is 4.56. The van der Waals surface area contributed by atoms with Gasteiger partial charge in [0.05, 0.1) is 7.05 Å². The van der Waals surface area contributed by atoms with Crippen molar-refractivity contribution in [1.29, 1.82) is 0 Å². The van der Waals surface area contributed by atoms with Gasteiger partial charge in [-0.15, -0.1) is 10.2 Å². The molecule has 2 heterocycles. The fourth-order valence-electron chi connectivity index (χ4n) is 2.79. The van der Waals surface area contributed by atoms with Gasteiger partial charge in [-0.3, -0.25) is 16.2 Å². The van der Waals surface area contributed by atoms with Crippen molar-refractivity contribution in [2.75, 3.05) is 13.1 Å². The van der Waals surface area contributed by atoms with Crippen LogP contribution in [-0.2, 0) is 13.5 Å². The Morgan fingerprint density at radius 3 is 2.53 bits per heavy atom. The molecule has 7 nitrogen and oxygen atoms in total. The summed E-state index contributed by atoms with van der Waals surface area (Å²) in [7, 11) is 1.77. The highest BCUT2D eigenvalue weighted by Crippen LogP contribution is 2.24. The van der Waals surface area contributed by atoms with Crippen LogP contribution in [0.3, 0.4) is 0 Å². The zero-order chi connectivity index (χ0) is 13.9. The normalized spacial score (nSPS) is 19.6. The summed E-state index contributed by atoms with van der Waals surface area (Å²) in [6.45, 7) is 6.75. The molecule has 19 heavy (non-hydrogen) atoms. The van der Waals surface area contributed by atoms with Gasteiger partial charge in [0.25, 0.3) is 0 Å².